The molecule has 21 heavy (non-hydrogen) atoms. The van der Waals surface area contributed by atoms with Crippen molar-refractivity contribution in [1.82, 2.24) is 10.2 Å². The Kier molecular flexibility index (Phi) is 6.07. The summed E-state index contributed by atoms with van der Waals surface area (Å²) in [4.78, 5) is 2.41. The molecule has 2 rings (SSSR count). The van der Waals surface area contributed by atoms with Gasteiger partial charge < -0.3 is 15.0 Å². The van der Waals surface area contributed by atoms with E-state index in [0.717, 1.165) is 31.9 Å². The van der Waals surface area contributed by atoms with Crippen LogP contribution < -0.4 is 10.1 Å². The number of ether oxygens (including phenoxy) is 1. The van der Waals surface area contributed by atoms with E-state index in [1.807, 2.05) is 6.07 Å². The van der Waals surface area contributed by atoms with Crippen molar-refractivity contribution in [2.24, 2.45) is 0 Å². The van der Waals surface area contributed by atoms with E-state index in [2.05, 4.69) is 49.4 Å². The molecule has 3 heteroatoms. The van der Waals surface area contributed by atoms with Gasteiger partial charge in [-0.2, -0.15) is 0 Å². The van der Waals surface area contributed by atoms with E-state index >= 15 is 0 Å². The standard InChI is InChI=1S/C18H30N2O/c1-4-12-21-17-9-7-8-16(13-17)14-19-15-18(20(2)3)10-5-6-11-18/h7-9,13,19H,4-6,10-12,14-15H2,1-3H3. The zero-order chi connectivity index (χ0) is 15.1. The zero-order valence-electron chi connectivity index (χ0n) is 13.8. The van der Waals surface area contributed by atoms with Gasteiger partial charge in [-0.3, -0.25) is 0 Å². The molecule has 1 saturated carbocycles. The molecule has 0 radical (unpaired) electrons. The van der Waals surface area contributed by atoms with Crippen molar-refractivity contribution in [3.63, 3.8) is 0 Å². The normalized spacial score (nSPS) is 17.3. The second kappa shape index (κ2) is 7.81. The third kappa shape index (κ3) is 4.45. The van der Waals surface area contributed by atoms with Gasteiger partial charge >= 0.3 is 0 Å². The molecule has 0 aromatic heterocycles. The van der Waals surface area contributed by atoms with Crippen LogP contribution in [-0.2, 0) is 6.54 Å². The maximum atomic E-state index is 5.70. The van der Waals surface area contributed by atoms with Gasteiger partial charge in [0, 0.05) is 18.6 Å². The van der Waals surface area contributed by atoms with Crippen LogP contribution in [0.1, 0.15) is 44.6 Å². The van der Waals surface area contributed by atoms with Gasteiger partial charge in [-0.05, 0) is 51.1 Å². The highest BCUT2D eigenvalue weighted by Gasteiger charge is 2.35. The maximum Gasteiger partial charge on any atom is 0.119 e. The highest BCUT2D eigenvalue weighted by atomic mass is 16.5. The molecule has 0 spiro atoms. The Labute approximate surface area is 129 Å². The summed E-state index contributed by atoms with van der Waals surface area (Å²) in [6, 6.07) is 8.44. The summed E-state index contributed by atoms with van der Waals surface area (Å²) in [5, 5.41) is 3.65. The number of hydrogen-bond donors (Lipinski definition) is 1. The molecule has 1 aliphatic rings. The molecule has 1 N–H and O–H groups in total. The first kappa shape index (κ1) is 16.3. The van der Waals surface area contributed by atoms with Crippen LogP contribution in [0.4, 0.5) is 0 Å². The van der Waals surface area contributed by atoms with E-state index in [1.165, 1.54) is 31.2 Å². The molecular formula is C18H30N2O. The van der Waals surface area contributed by atoms with Crippen LogP contribution in [0.25, 0.3) is 0 Å². The minimum absolute atomic E-state index is 0.357. The zero-order valence-corrected chi connectivity index (χ0v) is 13.8. The molecule has 1 fully saturated rings. The average Bonchev–Trinajstić information content (AvgIpc) is 2.96. The van der Waals surface area contributed by atoms with Crippen LogP contribution >= 0.6 is 0 Å². The molecule has 0 saturated heterocycles. The summed E-state index contributed by atoms with van der Waals surface area (Å²) >= 11 is 0. The SMILES string of the molecule is CCCOc1cccc(CNCC2(N(C)C)CCCC2)c1. The molecule has 1 aliphatic carbocycles. The second-order valence-electron chi connectivity index (χ2n) is 6.43. The van der Waals surface area contributed by atoms with E-state index in [9.17, 15) is 0 Å². The highest BCUT2D eigenvalue weighted by molar-refractivity contribution is 5.28. The van der Waals surface area contributed by atoms with Crippen LogP contribution in [0, 0.1) is 0 Å². The third-order valence-electron chi connectivity index (χ3n) is 4.64. The Hall–Kier alpha value is -1.06. The number of rotatable bonds is 8. The van der Waals surface area contributed by atoms with Crippen molar-refractivity contribution in [1.29, 1.82) is 0 Å². The van der Waals surface area contributed by atoms with Crippen molar-refractivity contribution in [3.05, 3.63) is 29.8 Å². The van der Waals surface area contributed by atoms with Gasteiger partial charge in [0.05, 0.1) is 6.61 Å². The smallest absolute Gasteiger partial charge is 0.119 e. The predicted molar refractivity (Wildman–Crippen MR) is 88.8 cm³/mol. The third-order valence-corrected chi connectivity index (χ3v) is 4.64. The van der Waals surface area contributed by atoms with E-state index < -0.39 is 0 Å². The number of nitrogens with zero attached hydrogens (tertiary/aromatic N) is 1. The molecular weight excluding hydrogens is 260 g/mol. The van der Waals surface area contributed by atoms with Crippen LogP contribution in [0.15, 0.2) is 24.3 Å². The van der Waals surface area contributed by atoms with E-state index in [1.54, 1.807) is 0 Å². The quantitative estimate of drug-likeness (QED) is 0.794. The van der Waals surface area contributed by atoms with E-state index in [0.29, 0.717) is 5.54 Å². The monoisotopic (exact) mass is 290 g/mol. The maximum absolute atomic E-state index is 5.70. The first-order chi connectivity index (χ1) is 10.2. The van der Waals surface area contributed by atoms with Gasteiger partial charge in [-0.1, -0.05) is 31.9 Å². The lowest BCUT2D eigenvalue weighted by Gasteiger charge is -2.36. The fourth-order valence-electron chi connectivity index (χ4n) is 3.22. The van der Waals surface area contributed by atoms with E-state index in [-0.39, 0.29) is 0 Å². The highest BCUT2D eigenvalue weighted by Crippen LogP contribution is 2.33. The van der Waals surface area contributed by atoms with Crippen LogP contribution in [0.5, 0.6) is 5.75 Å². The number of benzene rings is 1. The van der Waals surface area contributed by atoms with Gasteiger partial charge in [0.25, 0.3) is 0 Å². The number of nitrogens with one attached hydrogen (secondary N) is 1. The molecule has 0 heterocycles. The summed E-state index contributed by atoms with van der Waals surface area (Å²) in [6.45, 7) is 4.91. The topological polar surface area (TPSA) is 24.5 Å². The number of hydrogen-bond acceptors (Lipinski definition) is 3. The molecule has 3 nitrogen and oxygen atoms in total. The minimum atomic E-state index is 0.357. The molecule has 0 unspecified atom stereocenters. The van der Waals surface area contributed by atoms with Crippen molar-refractivity contribution < 1.29 is 4.74 Å². The lowest BCUT2D eigenvalue weighted by atomic mass is 9.96. The van der Waals surface area contributed by atoms with Gasteiger partial charge in [-0.25, -0.2) is 0 Å². The van der Waals surface area contributed by atoms with Crippen molar-refractivity contribution in [2.75, 3.05) is 27.2 Å². The van der Waals surface area contributed by atoms with Crippen molar-refractivity contribution in [2.45, 2.75) is 51.1 Å². The van der Waals surface area contributed by atoms with Gasteiger partial charge in [0.1, 0.15) is 5.75 Å². The molecule has 0 aliphatic heterocycles. The largest absolute Gasteiger partial charge is 0.494 e. The summed E-state index contributed by atoms with van der Waals surface area (Å²) in [5.41, 5.74) is 1.66. The lowest BCUT2D eigenvalue weighted by Crippen LogP contribution is -2.49. The molecule has 1 aromatic carbocycles. The minimum Gasteiger partial charge on any atom is -0.494 e. The van der Waals surface area contributed by atoms with Gasteiger partial charge in [-0.15, -0.1) is 0 Å². The first-order valence-corrected chi connectivity index (χ1v) is 8.26. The molecule has 0 bridgehead atoms. The summed E-state index contributed by atoms with van der Waals surface area (Å²) in [7, 11) is 4.43. The van der Waals surface area contributed by atoms with Crippen LogP contribution in [-0.4, -0.2) is 37.7 Å². The first-order valence-electron chi connectivity index (χ1n) is 8.26. The average molecular weight is 290 g/mol. The molecule has 118 valence electrons. The van der Waals surface area contributed by atoms with Crippen molar-refractivity contribution in [3.8, 4) is 5.75 Å². The number of likely N-dealkylation sites (N-methyl/N-ethyl adjacent to an activating group) is 1. The summed E-state index contributed by atoms with van der Waals surface area (Å²) in [5.74, 6) is 0.985. The lowest BCUT2D eigenvalue weighted by molar-refractivity contribution is 0.153. The fraction of sp³-hybridized carbons (Fsp3) is 0.667. The van der Waals surface area contributed by atoms with Gasteiger partial charge in [0.2, 0.25) is 0 Å². The summed E-state index contributed by atoms with van der Waals surface area (Å²) in [6.07, 6.45) is 6.40. The summed E-state index contributed by atoms with van der Waals surface area (Å²) < 4.78 is 5.70. The van der Waals surface area contributed by atoms with Crippen molar-refractivity contribution >= 4 is 0 Å². The van der Waals surface area contributed by atoms with Crippen LogP contribution in [0.3, 0.4) is 0 Å². The Bertz CT molecular complexity index is 425. The van der Waals surface area contributed by atoms with Gasteiger partial charge in [0.15, 0.2) is 0 Å². The molecule has 0 amide bonds. The fourth-order valence-corrected chi connectivity index (χ4v) is 3.22. The Morgan fingerprint density at radius 3 is 2.67 bits per heavy atom. The Morgan fingerprint density at radius 2 is 2.00 bits per heavy atom. The molecule has 1 aromatic rings. The van der Waals surface area contributed by atoms with E-state index in [4.69, 9.17) is 4.74 Å². The molecule has 0 atom stereocenters. The van der Waals surface area contributed by atoms with Crippen LogP contribution in [0.2, 0.25) is 0 Å². The Balaban J connectivity index is 1.85. The second-order valence-corrected chi connectivity index (χ2v) is 6.43. The predicted octanol–water partition coefficient (Wildman–Crippen LogP) is 3.44. The Morgan fingerprint density at radius 1 is 1.24 bits per heavy atom.